The first-order chi connectivity index (χ1) is 11.4. The Labute approximate surface area is 144 Å². The van der Waals surface area contributed by atoms with E-state index in [9.17, 15) is 9.59 Å². The fourth-order valence-electron chi connectivity index (χ4n) is 2.28. The predicted molar refractivity (Wildman–Crippen MR) is 93.3 cm³/mol. The molecule has 0 radical (unpaired) electrons. The highest BCUT2D eigenvalue weighted by Gasteiger charge is 2.16. The molecule has 0 aliphatic carbocycles. The van der Waals surface area contributed by atoms with E-state index in [4.69, 9.17) is 9.26 Å². The predicted octanol–water partition coefficient (Wildman–Crippen LogP) is 3.26. The number of hydrogen-bond acceptors (Lipinski definition) is 6. The zero-order valence-corrected chi connectivity index (χ0v) is 15.0. The summed E-state index contributed by atoms with van der Waals surface area (Å²) in [5.41, 5.74) is 3.45. The van der Waals surface area contributed by atoms with Crippen LogP contribution in [0.25, 0.3) is 0 Å². The topological polar surface area (TPSA) is 81.4 Å². The zero-order chi connectivity index (χ0) is 17.7. The monoisotopic (exact) mass is 348 g/mol. The molecule has 2 aromatic rings. The van der Waals surface area contributed by atoms with Crippen LogP contribution >= 0.6 is 11.8 Å². The molecule has 0 atom stereocenters. The van der Waals surface area contributed by atoms with Crippen molar-refractivity contribution in [3.63, 3.8) is 0 Å². The van der Waals surface area contributed by atoms with Crippen LogP contribution in [0.15, 0.2) is 22.7 Å². The Hall–Kier alpha value is -2.28. The average molecular weight is 348 g/mol. The van der Waals surface area contributed by atoms with Gasteiger partial charge in [-0.05, 0) is 32.4 Å². The smallest absolute Gasteiger partial charge is 0.340 e. The van der Waals surface area contributed by atoms with Gasteiger partial charge in [-0.3, -0.25) is 4.79 Å². The number of hydrogen-bond donors (Lipinski definition) is 1. The number of carbonyl (C=O) groups is 2. The Balaban J connectivity index is 1.98. The summed E-state index contributed by atoms with van der Waals surface area (Å²) in [5, 5.41) is 6.67. The van der Waals surface area contributed by atoms with E-state index < -0.39 is 5.97 Å². The van der Waals surface area contributed by atoms with Gasteiger partial charge in [0.15, 0.2) is 0 Å². The van der Waals surface area contributed by atoms with Crippen LogP contribution in [0.1, 0.15) is 32.9 Å². The van der Waals surface area contributed by atoms with Gasteiger partial charge >= 0.3 is 5.97 Å². The number of thioether (sulfide) groups is 1. The molecular formula is C17H20N2O4S. The lowest BCUT2D eigenvalue weighted by Gasteiger charge is -2.12. The molecule has 7 heteroatoms. The fourth-order valence-corrected chi connectivity index (χ4v) is 3.26. The van der Waals surface area contributed by atoms with Crippen molar-refractivity contribution in [3.8, 4) is 0 Å². The van der Waals surface area contributed by atoms with Crippen LogP contribution in [0.4, 0.5) is 5.69 Å². The van der Waals surface area contributed by atoms with Crippen molar-refractivity contribution in [1.82, 2.24) is 5.16 Å². The molecule has 1 N–H and O–H groups in total. The van der Waals surface area contributed by atoms with Gasteiger partial charge in [-0.25, -0.2) is 4.79 Å². The van der Waals surface area contributed by atoms with Gasteiger partial charge in [0.1, 0.15) is 5.76 Å². The van der Waals surface area contributed by atoms with Crippen LogP contribution in [-0.4, -0.2) is 29.9 Å². The van der Waals surface area contributed by atoms with Gasteiger partial charge in [0, 0.05) is 11.3 Å². The first-order valence-corrected chi connectivity index (χ1v) is 8.56. The molecular weight excluding hydrogens is 328 g/mol. The lowest BCUT2D eigenvalue weighted by Crippen LogP contribution is -2.18. The van der Waals surface area contributed by atoms with Gasteiger partial charge < -0.3 is 14.6 Å². The van der Waals surface area contributed by atoms with Crippen LogP contribution < -0.4 is 5.32 Å². The fraction of sp³-hybridized carbons (Fsp3) is 0.353. The Morgan fingerprint density at radius 3 is 2.67 bits per heavy atom. The second-order valence-corrected chi connectivity index (χ2v) is 6.32. The largest absolute Gasteiger partial charge is 0.465 e. The molecule has 24 heavy (non-hydrogen) atoms. The van der Waals surface area contributed by atoms with Crippen LogP contribution in [0, 0.1) is 20.8 Å². The second kappa shape index (κ2) is 8.01. The summed E-state index contributed by atoms with van der Waals surface area (Å²) in [7, 11) is 1.32. The van der Waals surface area contributed by atoms with E-state index in [1.807, 2.05) is 13.8 Å². The maximum Gasteiger partial charge on any atom is 0.340 e. The number of carbonyl (C=O) groups excluding carboxylic acids is 2. The number of nitrogens with one attached hydrogen (secondary N) is 1. The van der Waals surface area contributed by atoms with Crippen LogP contribution in [0.5, 0.6) is 0 Å². The van der Waals surface area contributed by atoms with E-state index >= 15 is 0 Å². The van der Waals surface area contributed by atoms with E-state index in [0.717, 1.165) is 22.6 Å². The standard InChI is InChI=1S/C17H20N2O4S/c1-10-6-5-7-14(16(10)17(21)22-4)18-15(20)9-24-8-13-11(2)19-23-12(13)3/h5-7H,8-9H2,1-4H3,(H,18,20). The lowest BCUT2D eigenvalue weighted by atomic mass is 10.1. The van der Waals surface area contributed by atoms with Gasteiger partial charge in [0.25, 0.3) is 0 Å². The summed E-state index contributed by atoms with van der Waals surface area (Å²) < 4.78 is 9.88. The Kier molecular flexibility index (Phi) is 6.03. The molecule has 0 bridgehead atoms. The van der Waals surface area contributed by atoms with Crippen molar-refractivity contribution < 1.29 is 18.8 Å². The van der Waals surface area contributed by atoms with Crippen LogP contribution in [0.2, 0.25) is 0 Å². The number of aryl methyl sites for hydroxylation is 3. The highest BCUT2D eigenvalue weighted by molar-refractivity contribution is 7.99. The third-order valence-corrected chi connectivity index (χ3v) is 4.56. The summed E-state index contributed by atoms with van der Waals surface area (Å²) in [6, 6.07) is 5.28. The SMILES string of the molecule is COC(=O)c1c(C)cccc1NC(=O)CSCc1c(C)noc1C. The van der Waals surface area contributed by atoms with Gasteiger partial charge in [-0.15, -0.1) is 11.8 Å². The molecule has 1 aromatic carbocycles. The highest BCUT2D eigenvalue weighted by atomic mass is 32.2. The van der Waals surface area contributed by atoms with Gasteiger partial charge in [-0.1, -0.05) is 17.3 Å². The first-order valence-electron chi connectivity index (χ1n) is 7.41. The first kappa shape index (κ1) is 18.1. The zero-order valence-electron chi connectivity index (χ0n) is 14.1. The van der Waals surface area contributed by atoms with Crippen molar-refractivity contribution in [2.24, 2.45) is 0 Å². The van der Waals surface area contributed by atoms with Gasteiger partial charge in [-0.2, -0.15) is 0 Å². The molecule has 0 aliphatic rings. The molecule has 0 spiro atoms. The Bertz CT molecular complexity index is 736. The number of rotatable bonds is 6. The van der Waals surface area contributed by atoms with E-state index in [0.29, 0.717) is 17.0 Å². The van der Waals surface area contributed by atoms with Gasteiger partial charge in [0.05, 0.1) is 29.8 Å². The van der Waals surface area contributed by atoms with E-state index in [-0.39, 0.29) is 11.7 Å². The summed E-state index contributed by atoms with van der Waals surface area (Å²) in [6.45, 7) is 5.53. The minimum atomic E-state index is -0.466. The molecule has 0 aliphatic heterocycles. The quantitative estimate of drug-likeness (QED) is 0.807. The molecule has 0 saturated carbocycles. The summed E-state index contributed by atoms with van der Waals surface area (Å²) in [4.78, 5) is 24.0. The van der Waals surface area contributed by atoms with Crippen molar-refractivity contribution in [3.05, 3.63) is 46.3 Å². The van der Waals surface area contributed by atoms with E-state index in [2.05, 4.69) is 10.5 Å². The molecule has 1 heterocycles. The maximum absolute atomic E-state index is 12.2. The van der Waals surface area contributed by atoms with Crippen molar-refractivity contribution in [2.45, 2.75) is 26.5 Å². The molecule has 0 saturated heterocycles. The molecule has 1 amide bonds. The Morgan fingerprint density at radius 2 is 2.04 bits per heavy atom. The third-order valence-electron chi connectivity index (χ3n) is 3.60. The minimum absolute atomic E-state index is 0.178. The van der Waals surface area contributed by atoms with E-state index in [1.54, 1.807) is 25.1 Å². The minimum Gasteiger partial charge on any atom is -0.465 e. The number of aromatic nitrogens is 1. The van der Waals surface area contributed by atoms with Crippen LogP contribution in [-0.2, 0) is 15.3 Å². The molecule has 0 fully saturated rings. The maximum atomic E-state index is 12.2. The average Bonchev–Trinajstić information content (AvgIpc) is 2.86. The summed E-state index contributed by atoms with van der Waals surface area (Å²) in [6.07, 6.45) is 0. The summed E-state index contributed by atoms with van der Waals surface area (Å²) >= 11 is 1.46. The molecule has 2 rings (SSSR count). The number of methoxy groups -OCH3 is 1. The number of esters is 1. The Morgan fingerprint density at radius 1 is 1.29 bits per heavy atom. The third kappa shape index (κ3) is 4.17. The van der Waals surface area contributed by atoms with E-state index in [1.165, 1.54) is 18.9 Å². The summed E-state index contributed by atoms with van der Waals surface area (Å²) in [5.74, 6) is 1.03. The van der Waals surface area contributed by atoms with Gasteiger partial charge in [0.2, 0.25) is 5.91 Å². The number of benzene rings is 1. The lowest BCUT2D eigenvalue weighted by molar-refractivity contribution is -0.113. The number of anilines is 1. The molecule has 0 unspecified atom stereocenters. The highest BCUT2D eigenvalue weighted by Crippen LogP contribution is 2.22. The molecule has 6 nitrogen and oxygen atoms in total. The normalized spacial score (nSPS) is 10.5. The number of amides is 1. The molecule has 1 aromatic heterocycles. The van der Waals surface area contributed by atoms with Crippen molar-refractivity contribution in [2.75, 3.05) is 18.2 Å². The number of nitrogens with zero attached hydrogens (tertiary/aromatic N) is 1. The van der Waals surface area contributed by atoms with Crippen molar-refractivity contribution >= 4 is 29.3 Å². The second-order valence-electron chi connectivity index (χ2n) is 5.33. The van der Waals surface area contributed by atoms with Crippen LogP contribution in [0.3, 0.4) is 0 Å². The molecule has 128 valence electrons. The number of ether oxygens (including phenoxy) is 1. The van der Waals surface area contributed by atoms with Crippen molar-refractivity contribution in [1.29, 1.82) is 0 Å².